The third-order valence-electron chi connectivity index (χ3n) is 4.97. The smallest absolute Gasteiger partial charge is 0.407 e. The van der Waals surface area contributed by atoms with E-state index in [0.29, 0.717) is 52.4 Å². The molecule has 0 spiro atoms. The zero-order valence-corrected chi connectivity index (χ0v) is 16.5. The highest BCUT2D eigenvalue weighted by Crippen LogP contribution is 2.34. The zero-order chi connectivity index (χ0) is 18.9. The molecule has 0 bridgehead atoms. The number of sulfonamides is 1. The summed E-state index contributed by atoms with van der Waals surface area (Å²) in [6.07, 6.45) is -0.401. The van der Waals surface area contributed by atoms with E-state index in [0.717, 1.165) is 0 Å². The molecule has 146 valence electrons. The van der Waals surface area contributed by atoms with Crippen molar-refractivity contribution in [1.29, 1.82) is 0 Å². The highest BCUT2D eigenvalue weighted by molar-refractivity contribution is 7.89. The maximum absolute atomic E-state index is 12.4. The highest BCUT2D eigenvalue weighted by atomic mass is 32.2. The van der Waals surface area contributed by atoms with E-state index in [1.165, 1.54) is 9.21 Å². The van der Waals surface area contributed by atoms with Crippen LogP contribution in [0, 0.1) is 0 Å². The van der Waals surface area contributed by atoms with Gasteiger partial charge in [0.15, 0.2) is 0 Å². The molecule has 25 heavy (non-hydrogen) atoms. The summed E-state index contributed by atoms with van der Waals surface area (Å²) in [5, 5.41) is 9.65. The Labute approximate surface area is 150 Å². The van der Waals surface area contributed by atoms with E-state index in [2.05, 4.69) is 4.90 Å². The second-order valence-electron chi connectivity index (χ2n) is 7.95. The summed E-state index contributed by atoms with van der Waals surface area (Å²) < 4.78 is 31.6. The number of carboxylic acid groups (broad SMARTS) is 1. The van der Waals surface area contributed by atoms with Crippen LogP contribution in [-0.4, -0.2) is 96.5 Å². The Morgan fingerprint density at radius 1 is 1.24 bits per heavy atom. The molecule has 0 aromatic rings. The predicted octanol–water partition coefficient (Wildman–Crippen LogP) is 0.891. The van der Waals surface area contributed by atoms with Crippen LogP contribution in [0.25, 0.3) is 0 Å². The van der Waals surface area contributed by atoms with Crippen molar-refractivity contribution in [3.05, 3.63) is 0 Å². The van der Waals surface area contributed by atoms with Gasteiger partial charge in [0.05, 0.1) is 24.5 Å². The molecule has 0 unspecified atom stereocenters. The molecular formula is C16H31N3O5S. The third kappa shape index (κ3) is 4.45. The standard InChI is InChI=1S/C16H31N3O5S/c1-5-10-25(22,23)18-11-16(12-18,17-6-8-24-9-7-17)13-19(14(20)21)15(2,3)4/h5-13H2,1-4H3,(H,20,21). The lowest BCUT2D eigenvalue weighted by atomic mass is 9.87. The molecular weight excluding hydrogens is 346 g/mol. The van der Waals surface area contributed by atoms with Gasteiger partial charge in [0.2, 0.25) is 10.0 Å². The summed E-state index contributed by atoms with van der Waals surface area (Å²) in [7, 11) is -3.27. The molecule has 0 saturated carbocycles. The molecule has 2 heterocycles. The first kappa shape index (κ1) is 20.4. The van der Waals surface area contributed by atoms with Gasteiger partial charge in [-0.3, -0.25) is 4.90 Å². The minimum atomic E-state index is -3.27. The molecule has 0 aliphatic carbocycles. The quantitative estimate of drug-likeness (QED) is 0.739. The Hall–Kier alpha value is -0.900. The van der Waals surface area contributed by atoms with Crippen LogP contribution in [-0.2, 0) is 14.8 Å². The van der Waals surface area contributed by atoms with Gasteiger partial charge in [-0.15, -0.1) is 0 Å². The molecule has 0 aromatic carbocycles. The van der Waals surface area contributed by atoms with Gasteiger partial charge in [-0.25, -0.2) is 13.2 Å². The van der Waals surface area contributed by atoms with E-state index in [1.807, 2.05) is 27.7 Å². The molecule has 1 N–H and O–H groups in total. The topological polar surface area (TPSA) is 90.4 Å². The van der Waals surface area contributed by atoms with Crippen LogP contribution in [0.4, 0.5) is 4.79 Å². The highest BCUT2D eigenvalue weighted by Gasteiger charge is 2.53. The number of ether oxygens (including phenoxy) is 1. The molecule has 2 fully saturated rings. The van der Waals surface area contributed by atoms with Crippen molar-refractivity contribution in [2.24, 2.45) is 0 Å². The van der Waals surface area contributed by atoms with Gasteiger partial charge >= 0.3 is 6.09 Å². The number of nitrogens with zero attached hydrogens (tertiary/aromatic N) is 3. The minimum absolute atomic E-state index is 0.133. The fraction of sp³-hybridized carbons (Fsp3) is 0.938. The van der Waals surface area contributed by atoms with E-state index < -0.39 is 27.2 Å². The van der Waals surface area contributed by atoms with E-state index in [1.54, 1.807) is 0 Å². The molecule has 0 radical (unpaired) electrons. The summed E-state index contributed by atoms with van der Waals surface area (Å²) in [4.78, 5) is 15.4. The molecule has 9 heteroatoms. The van der Waals surface area contributed by atoms with Crippen LogP contribution < -0.4 is 0 Å². The Balaban J connectivity index is 2.22. The minimum Gasteiger partial charge on any atom is -0.465 e. The molecule has 2 rings (SSSR count). The monoisotopic (exact) mass is 377 g/mol. The molecule has 2 saturated heterocycles. The first-order chi connectivity index (χ1) is 11.5. The van der Waals surface area contributed by atoms with Gasteiger partial charge in [0.1, 0.15) is 0 Å². The zero-order valence-electron chi connectivity index (χ0n) is 15.7. The summed E-state index contributed by atoms with van der Waals surface area (Å²) in [5.41, 5.74) is -1.02. The molecule has 0 atom stereocenters. The van der Waals surface area contributed by atoms with Crippen LogP contribution in [0.2, 0.25) is 0 Å². The van der Waals surface area contributed by atoms with Gasteiger partial charge in [-0.1, -0.05) is 6.92 Å². The van der Waals surface area contributed by atoms with Gasteiger partial charge < -0.3 is 14.7 Å². The van der Waals surface area contributed by atoms with Crippen LogP contribution in [0.15, 0.2) is 0 Å². The number of hydrogen-bond donors (Lipinski definition) is 1. The van der Waals surface area contributed by atoms with Crippen LogP contribution in [0.1, 0.15) is 34.1 Å². The average Bonchev–Trinajstić information content (AvgIpc) is 2.45. The van der Waals surface area contributed by atoms with E-state index in [4.69, 9.17) is 4.74 Å². The molecule has 2 aliphatic rings. The summed E-state index contributed by atoms with van der Waals surface area (Å²) in [6.45, 7) is 11.0. The predicted molar refractivity (Wildman–Crippen MR) is 95.3 cm³/mol. The van der Waals surface area contributed by atoms with Gasteiger partial charge in [0, 0.05) is 38.3 Å². The van der Waals surface area contributed by atoms with Gasteiger partial charge in [0.25, 0.3) is 0 Å². The normalized spacial score (nSPS) is 22.4. The van der Waals surface area contributed by atoms with Crippen molar-refractivity contribution in [3.8, 4) is 0 Å². The first-order valence-electron chi connectivity index (χ1n) is 8.83. The maximum atomic E-state index is 12.4. The first-order valence-corrected chi connectivity index (χ1v) is 10.4. The number of hydrogen-bond acceptors (Lipinski definition) is 5. The lowest BCUT2D eigenvalue weighted by Gasteiger charge is -2.58. The van der Waals surface area contributed by atoms with Crippen molar-refractivity contribution in [1.82, 2.24) is 14.1 Å². The average molecular weight is 378 g/mol. The number of morpholine rings is 1. The second-order valence-corrected chi connectivity index (χ2v) is 10.0. The van der Waals surface area contributed by atoms with Crippen LogP contribution in [0.5, 0.6) is 0 Å². The summed E-state index contributed by atoms with van der Waals surface area (Å²) in [6, 6.07) is 0. The van der Waals surface area contributed by atoms with Crippen molar-refractivity contribution in [2.75, 3.05) is 51.7 Å². The fourth-order valence-corrected chi connectivity index (χ4v) is 5.17. The number of amides is 1. The number of carbonyl (C=O) groups is 1. The van der Waals surface area contributed by atoms with Crippen molar-refractivity contribution < 1.29 is 23.1 Å². The van der Waals surface area contributed by atoms with E-state index in [-0.39, 0.29) is 5.75 Å². The van der Waals surface area contributed by atoms with Crippen molar-refractivity contribution in [3.63, 3.8) is 0 Å². The van der Waals surface area contributed by atoms with Gasteiger partial charge in [-0.05, 0) is 27.2 Å². The molecule has 8 nitrogen and oxygen atoms in total. The van der Waals surface area contributed by atoms with Gasteiger partial charge in [-0.2, -0.15) is 4.31 Å². The van der Waals surface area contributed by atoms with E-state index >= 15 is 0 Å². The number of rotatable bonds is 6. The van der Waals surface area contributed by atoms with E-state index in [9.17, 15) is 18.3 Å². The van der Waals surface area contributed by atoms with Crippen molar-refractivity contribution in [2.45, 2.75) is 45.2 Å². The second kappa shape index (κ2) is 7.38. The van der Waals surface area contributed by atoms with Crippen molar-refractivity contribution >= 4 is 16.1 Å². The van der Waals surface area contributed by atoms with Crippen LogP contribution in [0.3, 0.4) is 0 Å². The Bertz CT molecular complexity index is 575. The largest absolute Gasteiger partial charge is 0.465 e. The molecule has 1 amide bonds. The lowest BCUT2D eigenvalue weighted by Crippen LogP contribution is -2.77. The SMILES string of the molecule is CCCS(=O)(=O)N1CC(CN(C(=O)O)C(C)(C)C)(N2CCOCC2)C1. The Kier molecular flexibility index (Phi) is 6.03. The Morgan fingerprint density at radius 3 is 2.24 bits per heavy atom. The Morgan fingerprint density at radius 2 is 1.80 bits per heavy atom. The lowest BCUT2D eigenvalue weighted by molar-refractivity contribution is -0.0875. The summed E-state index contributed by atoms with van der Waals surface area (Å²) >= 11 is 0. The summed E-state index contributed by atoms with van der Waals surface area (Å²) in [5.74, 6) is 0.133. The third-order valence-corrected chi connectivity index (χ3v) is 6.94. The molecule has 0 aromatic heterocycles. The maximum Gasteiger partial charge on any atom is 0.407 e. The fourth-order valence-electron chi connectivity index (χ4n) is 3.52. The molecule has 2 aliphatic heterocycles. The van der Waals surface area contributed by atoms with Crippen LogP contribution >= 0.6 is 0 Å².